The highest BCUT2D eigenvalue weighted by atomic mass is 16.5. The van der Waals surface area contributed by atoms with Crippen molar-refractivity contribution in [2.45, 2.75) is 59.8 Å². The van der Waals surface area contributed by atoms with Gasteiger partial charge in [-0.15, -0.1) is 0 Å². The molecule has 0 saturated heterocycles. The number of fused-ring (bicyclic) bond motifs is 1. The monoisotopic (exact) mass is 381 g/mol. The molecule has 1 aromatic carbocycles. The van der Waals surface area contributed by atoms with Crippen molar-refractivity contribution in [1.29, 1.82) is 0 Å². The summed E-state index contributed by atoms with van der Waals surface area (Å²) in [6.07, 6.45) is 4.77. The highest BCUT2D eigenvalue weighted by Gasteiger charge is 2.24. The molecule has 0 spiro atoms. The number of carbonyl (C=O) groups excluding carboxylic acids is 1. The number of rotatable bonds is 7. The van der Waals surface area contributed by atoms with Gasteiger partial charge in [-0.1, -0.05) is 13.8 Å². The van der Waals surface area contributed by atoms with E-state index in [4.69, 9.17) is 14.7 Å². The zero-order valence-corrected chi connectivity index (χ0v) is 17.8. The summed E-state index contributed by atoms with van der Waals surface area (Å²) in [4.78, 5) is 24.5. The van der Waals surface area contributed by atoms with Gasteiger partial charge in [-0.25, -0.2) is 9.97 Å². The summed E-state index contributed by atoms with van der Waals surface area (Å²) in [6.45, 7) is 9.41. The lowest BCUT2D eigenvalue weighted by Gasteiger charge is -2.21. The van der Waals surface area contributed by atoms with Gasteiger partial charge in [0, 0.05) is 18.7 Å². The van der Waals surface area contributed by atoms with E-state index in [2.05, 4.69) is 19.1 Å². The number of amides is 1. The van der Waals surface area contributed by atoms with Crippen molar-refractivity contribution in [3.05, 3.63) is 40.3 Å². The van der Waals surface area contributed by atoms with Gasteiger partial charge in [-0.05, 0) is 69.2 Å². The van der Waals surface area contributed by atoms with Crippen LogP contribution in [0.5, 0.6) is 5.75 Å². The fraction of sp³-hybridized carbons (Fsp3) is 0.522. The normalized spacial score (nSPS) is 12.8. The minimum atomic E-state index is -0.0310. The number of carbonyl (C=O) groups is 1. The molecule has 0 saturated carbocycles. The standard InChI is InChI=1S/C23H31N3O2/c1-6-18-21(17-13-15-11-10-12-16(15)14-20(17)28-5)24-19(7-2)22(25-18)23(27)26(8-3)9-4/h13-14H,6-12H2,1-5H3. The summed E-state index contributed by atoms with van der Waals surface area (Å²) in [5.41, 5.74) is 6.69. The second-order valence-electron chi connectivity index (χ2n) is 7.17. The number of aryl methyl sites for hydroxylation is 4. The Bertz CT molecular complexity index is 873. The van der Waals surface area contributed by atoms with Crippen molar-refractivity contribution in [2.24, 2.45) is 0 Å². The lowest BCUT2D eigenvalue weighted by Crippen LogP contribution is -2.32. The van der Waals surface area contributed by atoms with Gasteiger partial charge in [-0.2, -0.15) is 0 Å². The van der Waals surface area contributed by atoms with E-state index in [-0.39, 0.29) is 5.91 Å². The summed E-state index contributed by atoms with van der Waals surface area (Å²) < 4.78 is 5.71. The molecule has 1 amide bonds. The average molecular weight is 382 g/mol. The quantitative estimate of drug-likeness (QED) is 0.719. The molecule has 1 aromatic heterocycles. The number of hydrogen-bond acceptors (Lipinski definition) is 4. The molecule has 0 N–H and O–H groups in total. The molecule has 28 heavy (non-hydrogen) atoms. The average Bonchev–Trinajstić information content (AvgIpc) is 3.19. The molecular weight excluding hydrogens is 350 g/mol. The first-order valence-electron chi connectivity index (χ1n) is 10.5. The van der Waals surface area contributed by atoms with Gasteiger partial charge in [0.15, 0.2) is 0 Å². The summed E-state index contributed by atoms with van der Waals surface area (Å²) in [5.74, 6) is 0.811. The Balaban J connectivity index is 2.17. The largest absolute Gasteiger partial charge is 0.496 e. The van der Waals surface area contributed by atoms with Crippen LogP contribution in [-0.2, 0) is 25.7 Å². The predicted molar refractivity (Wildman–Crippen MR) is 112 cm³/mol. The molecule has 0 bridgehead atoms. The van der Waals surface area contributed by atoms with Gasteiger partial charge in [0.1, 0.15) is 11.4 Å². The third-order valence-corrected chi connectivity index (χ3v) is 5.63. The molecule has 0 radical (unpaired) electrons. The molecular formula is C23H31N3O2. The lowest BCUT2D eigenvalue weighted by molar-refractivity contribution is 0.0765. The molecule has 2 aromatic rings. The first-order valence-corrected chi connectivity index (χ1v) is 10.5. The molecule has 150 valence electrons. The Kier molecular flexibility index (Phi) is 6.32. The van der Waals surface area contributed by atoms with Crippen LogP contribution in [0.3, 0.4) is 0 Å². The Hall–Kier alpha value is -2.43. The molecule has 1 aliphatic rings. The zero-order chi connectivity index (χ0) is 20.3. The van der Waals surface area contributed by atoms with E-state index in [1.54, 1.807) is 12.0 Å². The zero-order valence-electron chi connectivity index (χ0n) is 17.8. The third kappa shape index (κ3) is 3.62. The maximum atomic E-state index is 13.0. The van der Waals surface area contributed by atoms with Crippen LogP contribution in [-0.4, -0.2) is 41.0 Å². The van der Waals surface area contributed by atoms with Gasteiger partial charge < -0.3 is 9.64 Å². The summed E-state index contributed by atoms with van der Waals surface area (Å²) >= 11 is 0. The van der Waals surface area contributed by atoms with Crippen molar-refractivity contribution in [3.8, 4) is 17.0 Å². The van der Waals surface area contributed by atoms with Gasteiger partial charge in [0.05, 0.1) is 24.2 Å². The van der Waals surface area contributed by atoms with E-state index >= 15 is 0 Å². The van der Waals surface area contributed by atoms with Gasteiger partial charge in [-0.3, -0.25) is 4.79 Å². The Morgan fingerprint density at radius 1 is 1.00 bits per heavy atom. The maximum Gasteiger partial charge on any atom is 0.274 e. The van der Waals surface area contributed by atoms with Crippen LogP contribution in [0.1, 0.15) is 67.1 Å². The third-order valence-electron chi connectivity index (χ3n) is 5.63. The van der Waals surface area contributed by atoms with Crippen molar-refractivity contribution in [2.75, 3.05) is 20.2 Å². The second kappa shape index (κ2) is 8.72. The highest BCUT2D eigenvalue weighted by Crippen LogP contribution is 2.37. The fourth-order valence-corrected chi connectivity index (χ4v) is 4.00. The molecule has 1 heterocycles. The summed E-state index contributed by atoms with van der Waals surface area (Å²) in [6, 6.07) is 4.37. The van der Waals surface area contributed by atoms with E-state index < -0.39 is 0 Å². The van der Waals surface area contributed by atoms with Gasteiger partial charge >= 0.3 is 0 Å². The van der Waals surface area contributed by atoms with Crippen LogP contribution in [0.25, 0.3) is 11.3 Å². The topological polar surface area (TPSA) is 55.3 Å². The summed E-state index contributed by atoms with van der Waals surface area (Å²) in [7, 11) is 1.71. The smallest absolute Gasteiger partial charge is 0.274 e. The molecule has 0 atom stereocenters. The molecule has 1 aliphatic carbocycles. The van der Waals surface area contributed by atoms with Crippen LogP contribution in [0.15, 0.2) is 12.1 Å². The Labute approximate surface area is 168 Å². The minimum Gasteiger partial charge on any atom is -0.496 e. The van der Waals surface area contributed by atoms with E-state index in [0.29, 0.717) is 31.6 Å². The first-order chi connectivity index (χ1) is 13.6. The molecule has 0 fully saturated rings. The van der Waals surface area contributed by atoms with E-state index in [9.17, 15) is 4.79 Å². The van der Waals surface area contributed by atoms with Crippen molar-refractivity contribution in [1.82, 2.24) is 14.9 Å². The number of methoxy groups -OCH3 is 1. The number of hydrogen-bond donors (Lipinski definition) is 0. The van der Waals surface area contributed by atoms with Crippen molar-refractivity contribution >= 4 is 5.91 Å². The number of ether oxygens (including phenoxy) is 1. The highest BCUT2D eigenvalue weighted by molar-refractivity contribution is 5.94. The predicted octanol–water partition coefficient (Wildman–Crippen LogP) is 4.25. The molecule has 5 nitrogen and oxygen atoms in total. The number of benzene rings is 1. The SMILES string of the molecule is CCc1nc(-c2cc3c(cc2OC)CCC3)c(CC)nc1C(=O)N(CC)CC. The summed E-state index contributed by atoms with van der Waals surface area (Å²) in [5, 5.41) is 0. The lowest BCUT2D eigenvalue weighted by atomic mass is 10.00. The van der Waals surface area contributed by atoms with Crippen molar-refractivity contribution < 1.29 is 9.53 Å². The van der Waals surface area contributed by atoms with Crippen LogP contribution in [0.2, 0.25) is 0 Å². The first kappa shape index (κ1) is 20.3. The van der Waals surface area contributed by atoms with Crippen LogP contribution < -0.4 is 4.74 Å². The van der Waals surface area contributed by atoms with Crippen LogP contribution in [0, 0.1) is 0 Å². The Morgan fingerprint density at radius 2 is 1.64 bits per heavy atom. The van der Waals surface area contributed by atoms with E-state index in [0.717, 1.165) is 41.2 Å². The number of nitrogens with zero attached hydrogens (tertiary/aromatic N) is 3. The molecule has 3 rings (SSSR count). The molecule has 0 aliphatic heterocycles. The Morgan fingerprint density at radius 3 is 2.21 bits per heavy atom. The molecule has 5 heteroatoms. The van der Waals surface area contributed by atoms with Gasteiger partial charge in [0.25, 0.3) is 5.91 Å². The molecule has 0 unspecified atom stereocenters. The van der Waals surface area contributed by atoms with E-state index in [1.165, 1.54) is 17.5 Å². The fourth-order valence-electron chi connectivity index (χ4n) is 4.00. The number of aromatic nitrogens is 2. The van der Waals surface area contributed by atoms with Crippen molar-refractivity contribution in [3.63, 3.8) is 0 Å². The minimum absolute atomic E-state index is 0.0310. The van der Waals surface area contributed by atoms with E-state index in [1.807, 2.05) is 20.8 Å². The maximum absolute atomic E-state index is 13.0. The van der Waals surface area contributed by atoms with Gasteiger partial charge in [0.2, 0.25) is 0 Å². The van der Waals surface area contributed by atoms with Crippen LogP contribution in [0.4, 0.5) is 0 Å². The second-order valence-corrected chi connectivity index (χ2v) is 7.17. The van der Waals surface area contributed by atoms with Crippen LogP contribution >= 0.6 is 0 Å².